The van der Waals surface area contributed by atoms with E-state index in [0.29, 0.717) is 18.2 Å². The van der Waals surface area contributed by atoms with Crippen molar-refractivity contribution in [3.05, 3.63) is 42.0 Å². The normalized spacial score (nSPS) is 15.0. The molecule has 1 saturated heterocycles. The third kappa shape index (κ3) is 4.77. The highest BCUT2D eigenvalue weighted by Gasteiger charge is 2.16. The van der Waals surface area contributed by atoms with E-state index in [9.17, 15) is 8.42 Å². The second-order valence-corrected chi connectivity index (χ2v) is 9.42. The average molecular weight is 424 g/mol. The molecule has 0 saturated carbocycles. The maximum absolute atomic E-state index is 12.5. The van der Waals surface area contributed by atoms with Gasteiger partial charge in [0.05, 0.1) is 10.4 Å². The van der Waals surface area contributed by atoms with Gasteiger partial charge in [-0.15, -0.1) is 10.2 Å². The summed E-state index contributed by atoms with van der Waals surface area (Å²) in [7, 11) is -1.50. The third-order valence-corrected chi connectivity index (χ3v) is 6.89. The van der Waals surface area contributed by atoms with Gasteiger partial charge < -0.3 is 10.2 Å². The van der Waals surface area contributed by atoms with Gasteiger partial charge in [-0.25, -0.2) is 18.1 Å². The lowest BCUT2D eigenvalue weighted by molar-refractivity contribution is 0.344. The van der Waals surface area contributed by atoms with Crippen molar-refractivity contribution < 1.29 is 8.42 Å². The minimum absolute atomic E-state index is 0.234. The minimum Gasteiger partial charge on any atom is -0.323 e. The topological polar surface area (TPSA) is 100 Å². The van der Waals surface area contributed by atoms with Gasteiger partial charge in [0.15, 0.2) is 0 Å². The quantitative estimate of drug-likeness (QED) is 0.539. The predicted octanol–water partition coefficient (Wildman–Crippen LogP) is 0.709. The first kappa shape index (κ1) is 20.7. The van der Waals surface area contributed by atoms with Gasteiger partial charge in [0.25, 0.3) is 0 Å². The first-order valence-corrected chi connectivity index (χ1v) is 11.6. The molecule has 4 rings (SSSR count). The Balaban J connectivity index is 1.41. The van der Waals surface area contributed by atoms with Crippen LogP contribution in [-0.2, 0) is 10.0 Å². The van der Waals surface area contributed by atoms with Gasteiger partial charge >= 0.3 is 0 Å². The van der Waals surface area contributed by atoms with Crippen molar-refractivity contribution in [1.82, 2.24) is 24.8 Å². The highest BCUT2D eigenvalue weighted by molar-refractivity contribution is 7.89. The molecular weight excluding hydrogens is 399 g/mol. The van der Waals surface area contributed by atoms with Crippen molar-refractivity contribution >= 4 is 46.0 Å². The van der Waals surface area contributed by atoms with E-state index < -0.39 is 10.0 Å². The number of benzene rings is 2. The maximum Gasteiger partial charge on any atom is 0.247 e. The molecule has 2 heterocycles. The lowest BCUT2D eigenvalue weighted by Gasteiger charge is -2.15. The van der Waals surface area contributed by atoms with Gasteiger partial charge in [-0.1, -0.05) is 11.0 Å². The number of aromatic nitrogens is 3. The standard InChI is InChI=1S/C20H25BN6O2S/c1-14-12-18-19(13-17(14)21)25-26-20(24-18)23-15-4-6-16(7-5-15)30(28,29)22-8-11-27-9-2-3-10-27/h4-7,12-13,22H,2-3,8-11,21H2,1H3,(H,23,24,26). The number of nitrogens with one attached hydrogen (secondary N) is 2. The smallest absolute Gasteiger partial charge is 0.247 e. The van der Waals surface area contributed by atoms with Crippen LogP contribution in [0.15, 0.2) is 41.3 Å². The molecule has 10 heteroatoms. The number of rotatable bonds is 7. The van der Waals surface area contributed by atoms with Crippen LogP contribution in [0.1, 0.15) is 18.4 Å². The predicted molar refractivity (Wildman–Crippen MR) is 121 cm³/mol. The summed E-state index contributed by atoms with van der Waals surface area (Å²) in [6.07, 6.45) is 2.38. The monoisotopic (exact) mass is 424 g/mol. The molecule has 2 N–H and O–H groups in total. The van der Waals surface area contributed by atoms with Crippen molar-refractivity contribution in [1.29, 1.82) is 0 Å². The highest BCUT2D eigenvalue weighted by atomic mass is 32.2. The largest absolute Gasteiger partial charge is 0.323 e. The minimum atomic E-state index is -3.53. The summed E-state index contributed by atoms with van der Waals surface area (Å²) in [5, 5.41) is 11.4. The zero-order valence-electron chi connectivity index (χ0n) is 17.2. The van der Waals surface area contributed by atoms with E-state index in [1.54, 1.807) is 24.3 Å². The Hall–Kier alpha value is -2.56. The Labute approximate surface area is 177 Å². The summed E-state index contributed by atoms with van der Waals surface area (Å²) in [6.45, 7) is 5.28. The van der Waals surface area contributed by atoms with E-state index in [1.165, 1.54) is 12.8 Å². The van der Waals surface area contributed by atoms with Gasteiger partial charge in [-0.05, 0) is 69.3 Å². The molecule has 1 aliphatic rings. The number of nitrogens with zero attached hydrogens (tertiary/aromatic N) is 4. The molecule has 0 aliphatic carbocycles. The van der Waals surface area contributed by atoms with E-state index in [2.05, 4.69) is 30.1 Å². The lowest BCUT2D eigenvalue weighted by atomic mass is 9.91. The molecular formula is C20H25BN6O2S. The highest BCUT2D eigenvalue weighted by Crippen LogP contribution is 2.18. The lowest BCUT2D eigenvalue weighted by Crippen LogP contribution is -2.33. The van der Waals surface area contributed by atoms with Crippen molar-refractivity contribution in [3.63, 3.8) is 0 Å². The van der Waals surface area contributed by atoms with Crippen molar-refractivity contribution in [3.8, 4) is 0 Å². The molecule has 156 valence electrons. The van der Waals surface area contributed by atoms with Crippen LogP contribution in [0.5, 0.6) is 0 Å². The Morgan fingerprint density at radius 1 is 1.07 bits per heavy atom. The molecule has 0 bridgehead atoms. The van der Waals surface area contributed by atoms with E-state index >= 15 is 0 Å². The van der Waals surface area contributed by atoms with Crippen LogP contribution in [-0.4, -0.2) is 62.5 Å². The van der Waals surface area contributed by atoms with Gasteiger partial charge in [0, 0.05) is 18.8 Å². The fourth-order valence-corrected chi connectivity index (χ4v) is 4.54. The number of aryl methyl sites for hydroxylation is 1. The number of likely N-dealkylation sites (tertiary alicyclic amines) is 1. The first-order chi connectivity index (χ1) is 14.4. The molecule has 0 radical (unpaired) electrons. The number of hydrogen-bond acceptors (Lipinski definition) is 7. The molecule has 3 aromatic rings. The molecule has 0 amide bonds. The molecule has 1 fully saturated rings. The fourth-order valence-electron chi connectivity index (χ4n) is 3.52. The summed E-state index contributed by atoms with van der Waals surface area (Å²) in [4.78, 5) is 7.01. The molecule has 1 aliphatic heterocycles. The number of anilines is 2. The zero-order chi connectivity index (χ0) is 21.1. The van der Waals surface area contributed by atoms with Crippen molar-refractivity contribution in [2.45, 2.75) is 24.7 Å². The van der Waals surface area contributed by atoms with Crippen LogP contribution in [0.3, 0.4) is 0 Å². The average Bonchev–Trinajstić information content (AvgIpc) is 3.23. The van der Waals surface area contributed by atoms with Gasteiger partial charge in [0.1, 0.15) is 13.4 Å². The Kier molecular flexibility index (Phi) is 5.98. The summed E-state index contributed by atoms with van der Waals surface area (Å²) < 4.78 is 27.7. The van der Waals surface area contributed by atoms with Gasteiger partial charge in [0.2, 0.25) is 16.0 Å². The Bertz CT molecular complexity index is 1150. The fraction of sp³-hybridized carbons (Fsp3) is 0.350. The van der Waals surface area contributed by atoms with Crippen LogP contribution >= 0.6 is 0 Å². The van der Waals surface area contributed by atoms with E-state index in [-0.39, 0.29) is 4.90 Å². The molecule has 0 spiro atoms. The summed E-state index contributed by atoms with van der Waals surface area (Å²) in [5.41, 5.74) is 4.48. The van der Waals surface area contributed by atoms with Crippen LogP contribution < -0.4 is 15.5 Å². The van der Waals surface area contributed by atoms with Crippen LogP contribution in [0, 0.1) is 6.92 Å². The number of fused-ring (bicyclic) bond motifs is 1. The summed E-state index contributed by atoms with van der Waals surface area (Å²) >= 11 is 0. The second-order valence-electron chi connectivity index (χ2n) is 7.66. The van der Waals surface area contributed by atoms with Crippen LogP contribution in [0.2, 0.25) is 0 Å². The third-order valence-electron chi connectivity index (χ3n) is 5.41. The van der Waals surface area contributed by atoms with E-state index in [4.69, 9.17) is 0 Å². The molecule has 8 nitrogen and oxygen atoms in total. The molecule has 1 aromatic heterocycles. The number of sulfonamides is 1. The Morgan fingerprint density at radius 2 is 1.80 bits per heavy atom. The van der Waals surface area contributed by atoms with Gasteiger partial charge in [-0.3, -0.25) is 0 Å². The van der Waals surface area contributed by atoms with Crippen LogP contribution in [0.25, 0.3) is 11.0 Å². The second kappa shape index (κ2) is 8.67. The Morgan fingerprint density at radius 3 is 2.53 bits per heavy atom. The number of hydrogen-bond donors (Lipinski definition) is 2. The van der Waals surface area contributed by atoms with Gasteiger partial charge in [-0.2, -0.15) is 0 Å². The van der Waals surface area contributed by atoms with Crippen molar-refractivity contribution in [2.24, 2.45) is 0 Å². The van der Waals surface area contributed by atoms with Crippen molar-refractivity contribution in [2.75, 3.05) is 31.5 Å². The molecule has 2 aromatic carbocycles. The van der Waals surface area contributed by atoms with Crippen LogP contribution in [0.4, 0.5) is 11.6 Å². The molecule has 0 atom stereocenters. The maximum atomic E-state index is 12.5. The summed E-state index contributed by atoms with van der Waals surface area (Å²) in [5.74, 6) is 0.366. The first-order valence-electron chi connectivity index (χ1n) is 10.1. The van der Waals surface area contributed by atoms with E-state index in [0.717, 1.165) is 41.7 Å². The van der Waals surface area contributed by atoms with E-state index in [1.807, 2.05) is 26.9 Å². The SMILES string of the molecule is Bc1cc2nnc(Nc3ccc(S(=O)(=O)NCCN4CCCC4)cc3)nc2cc1C. The zero-order valence-corrected chi connectivity index (χ0v) is 18.0. The molecule has 30 heavy (non-hydrogen) atoms. The molecule has 0 unspecified atom stereocenters. The summed E-state index contributed by atoms with van der Waals surface area (Å²) in [6, 6.07) is 10.5.